The van der Waals surface area contributed by atoms with Gasteiger partial charge in [0.1, 0.15) is 5.75 Å². The van der Waals surface area contributed by atoms with Crippen LogP contribution >= 0.6 is 0 Å². The third-order valence-electron chi connectivity index (χ3n) is 2.98. The van der Waals surface area contributed by atoms with E-state index in [1.807, 2.05) is 25.1 Å². The Kier molecular flexibility index (Phi) is 4.91. The van der Waals surface area contributed by atoms with E-state index in [9.17, 15) is 5.11 Å². The molecule has 0 aliphatic rings. The minimum atomic E-state index is -0.102. The highest BCUT2D eigenvalue weighted by Crippen LogP contribution is 2.32. The Hall–Kier alpha value is -1.35. The Morgan fingerprint density at radius 1 is 1.33 bits per heavy atom. The van der Waals surface area contributed by atoms with Crippen molar-refractivity contribution in [3.8, 4) is 5.75 Å². The van der Waals surface area contributed by atoms with Gasteiger partial charge in [-0.25, -0.2) is 0 Å². The molecule has 100 valence electrons. The number of benzene rings is 1. The van der Waals surface area contributed by atoms with Crippen molar-refractivity contribution in [3.05, 3.63) is 29.3 Å². The minimum absolute atomic E-state index is 0.0344. The normalized spacial score (nSPS) is 14.1. The van der Waals surface area contributed by atoms with Crippen LogP contribution in [0.2, 0.25) is 0 Å². The van der Waals surface area contributed by atoms with E-state index < -0.39 is 0 Å². The summed E-state index contributed by atoms with van der Waals surface area (Å²) in [5.74, 6) is 0.279. The van der Waals surface area contributed by atoms with E-state index in [1.165, 1.54) is 0 Å². The average molecular weight is 249 g/mol. The molecule has 0 spiro atoms. The van der Waals surface area contributed by atoms with Crippen molar-refractivity contribution >= 4 is 6.21 Å². The van der Waals surface area contributed by atoms with Gasteiger partial charge in [-0.1, -0.05) is 39.8 Å². The summed E-state index contributed by atoms with van der Waals surface area (Å²) >= 11 is 0. The lowest BCUT2D eigenvalue weighted by Gasteiger charge is -2.21. The molecule has 1 aromatic carbocycles. The number of aliphatic hydroxyl groups is 1. The Morgan fingerprint density at radius 2 is 2.00 bits per heavy atom. The topological polar surface area (TPSA) is 52.8 Å². The molecule has 0 saturated heterocycles. The smallest absolute Gasteiger partial charge is 0.128 e. The maximum atomic E-state index is 10.2. The molecule has 0 heterocycles. The van der Waals surface area contributed by atoms with Gasteiger partial charge < -0.3 is 10.2 Å². The Bertz CT molecular complexity index is 415. The third-order valence-corrected chi connectivity index (χ3v) is 2.98. The van der Waals surface area contributed by atoms with Crippen molar-refractivity contribution < 1.29 is 10.2 Å². The summed E-state index contributed by atoms with van der Waals surface area (Å²) in [6, 6.07) is 5.58. The molecular formula is C15H23NO2. The first-order valence-corrected chi connectivity index (χ1v) is 6.36. The molecular weight excluding hydrogens is 226 g/mol. The molecule has 0 amide bonds. The van der Waals surface area contributed by atoms with Crippen molar-refractivity contribution in [2.45, 2.75) is 45.6 Å². The number of hydrogen-bond donors (Lipinski definition) is 2. The summed E-state index contributed by atoms with van der Waals surface area (Å²) in [4.78, 5) is 4.28. The van der Waals surface area contributed by atoms with E-state index in [2.05, 4.69) is 25.8 Å². The van der Waals surface area contributed by atoms with Crippen molar-refractivity contribution in [3.63, 3.8) is 0 Å². The number of phenols is 1. The molecule has 3 heteroatoms. The highest BCUT2D eigenvalue weighted by molar-refractivity contribution is 5.84. The van der Waals surface area contributed by atoms with Gasteiger partial charge in [0.05, 0.1) is 12.6 Å². The maximum absolute atomic E-state index is 10.2. The van der Waals surface area contributed by atoms with E-state index >= 15 is 0 Å². The van der Waals surface area contributed by atoms with E-state index in [0.29, 0.717) is 5.56 Å². The molecule has 1 rings (SSSR count). The van der Waals surface area contributed by atoms with Gasteiger partial charge in [-0.05, 0) is 23.5 Å². The van der Waals surface area contributed by atoms with Crippen LogP contribution in [0.1, 0.15) is 45.2 Å². The fourth-order valence-corrected chi connectivity index (χ4v) is 1.74. The zero-order chi connectivity index (χ0) is 13.8. The SMILES string of the molecule is CC[C@H](CO)N=Cc1cccc(C(C)(C)C)c1O. The zero-order valence-corrected chi connectivity index (χ0v) is 11.6. The maximum Gasteiger partial charge on any atom is 0.128 e. The van der Waals surface area contributed by atoms with Crippen LogP contribution in [0.3, 0.4) is 0 Å². The van der Waals surface area contributed by atoms with Crippen LogP contribution in [-0.2, 0) is 5.41 Å². The fraction of sp³-hybridized carbons (Fsp3) is 0.533. The van der Waals surface area contributed by atoms with E-state index in [4.69, 9.17) is 5.11 Å². The highest BCUT2D eigenvalue weighted by atomic mass is 16.3. The molecule has 1 atom stereocenters. The van der Waals surface area contributed by atoms with Gasteiger partial charge in [0, 0.05) is 11.8 Å². The van der Waals surface area contributed by atoms with E-state index in [-0.39, 0.29) is 23.8 Å². The van der Waals surface area contributed by atoms with Crippen LogP contribution in [-0.4, -0.2) is 29.1 Å². The first-order chi connectivity index (χ1) is 8.40. The lowest BCUT2D eigenvalue weighted by molar-refractivity contribution is 0.264. The van der Waals surface area contributed by atoms with Crippen LogP contribution in [0, 0.1) is 0 Å². The summed E-state index contributed by atoms with van der Waals surface area (Å²) in [6.07, 6.45) is 2.43. The van der Waals surface area contributed by atoms with Crippen LogP contribution in [0.15, 0.2) is 23.2 Å². The molecule has 2 N–H and O–H groups in total. The molecule has 1 aromatic rings. The molecule has 0 bridgehead atoms. The first kappa shape index (κ1) is 14.7. The standard InChI is InChI=1S/C15H23NO2/c1-5-12(10-17)16-9-11-7-6-8-13(14(11)18)15(2,3)4/h6-9,12,17-18H,5,10H2,1-4H3/t12-/m1/s1. The van der Waals surface area contributed by atoms with Gasteiger partial charge in [-0.3, -0.25) is 4.99 Å². The summed E-state index contributed by atoms with van der Waals surface area (Å²) in [5.41, 5.74) is 1.51. The second-order valence-electron chi connectivity index (χ2n) is 5.52. The predicted octanol–water partition coefficient (Wildman–Crippen LogP) is 2.88. The summed E-state index contributed by atoms with van der Waals surface area (Å²) in [7, 11) is 0. The number of hydrogen-bond acceptors (Lipinski definition) is 3. The summed E-state index contributed by atoms with van der Waals surface area (Å²) in [5, 5.41) is 19.3. The predicted molar refractivity (Wildman–Crippen MR) is 75.6 cm³/mol. The van der Waals surface area contributed by atoms with Crippen LogP contribution in [0.25, 0.3) is 0 Å². The number of phenolic OH excluding ortho intramolecular Hbond substituents is 1. The molecule has 0 aliphatic carbocycles. The molecule has 0 fully saturated rings. The Labute approximate surface area is 109 Å². The molecule has 0 aliphatic heterocycles. The quantitative estimate of drug-likeness (QED) is 0.806. The molecule has 0 unspecified atom stereocenters. The number of nitrogens with zero attached hydrogens (tertiary/aromatic N) is 1. The van der Waals surface area contributed by atoms with Crippen molar-refractivity contribution in [1.82, 2.24) is 0 Å². The number of aliphatic imine (C=N–C) groups is 1. The molecule has 0 saturated carbocycles. The van der Waals surface area contributed by atoms with Crippen molar-refractivity contribution in [2.24, 2.45) is 4.99 Å². The molecule has 0 aromatic heterocycles. The Balaban J connectivity index is 3.05. The second kappa shape index (κ2) is 6.01. The van der Waals surface area contributed by atoms with Crippen molar-refractivity contribution in [1.29, 1.82) is 0 Å². The summed E-state index contributed by atoms with van der Waals surface area (Å²) in [6.45, 7) is 8.19. The monoisotopic (exact) mass is 249 g/mol. The zero-order valence-electron chi connectivity index (χ0n) is 11.6. The minimum Gasteiger partial charge on any atom is -0.507 e. The van der Waals surface area contributed by atoms with E-state index in [0.717, 1.165) is 12.0 Å². The average Bonchev–Trinajstić information content (AvgIpc) is 2.30. The largest absolute Gasteiger partial charge is 0.507 e. The number of rotatable bonds is 4. The van der Waals surface area contributed by atoms with Gasteiger partial charge in [0.15, 0.2) is 0 Å². The molecule has 18 heavy (non-hydrogen) atoms. The Morgan fingerprint density at radius 3 is 2.50 bits per heavy atom. The van der Waals surface area contributed by atoms with Gasteiger partial charge in [-0.2, -0.15) is 0 Å². The number of aromatic hydroxyl groups is 1. The summed E-state index contributed by atoms with van der Waals surface area (Å²) < 4.78 is 0. The van der Waals surface area contributed by atoms with E-state index in [1.54, 1.807) is 6.21 Å². The van der Waals surface area contributed by atoms with Crippen LogP contribution in [0.5, 0.6) is 5.75 Å². The number of para-hydroxylation sites is 1. The lowest BCUT2D eigenvalue weighted by Crippen LogP contribution is -2.12. The van der Waals surface area contributed by atoms with Gasteiger partial charge >= 0.3 is 0 Å². The second-order valence-corrected chi connectivity index (χ2v) is 5.52. The van der Waals surface area contributed by atoms with Gasteiger partial charge in [-0.15, -0.1) is 0 Å². The van der Waals surface area contributed by atoms with Crippen LogP contribution < -0.4 is 0 Å². The number of aliphatic hydroxyl groups excluding tert-OH is 1. The van der Waals surface area contributed by atoms with Gasteiger partial charge in [0.2, 0.25) is 0 Å². The van der Waals surface area contributed by atoms with Crippen LogP contribution in [0.4, 0.5) is 0 Å². The fourth-order valence-electron chi connectivity index (χ4n) is 1.74. The highest BCUT2D eigenvalue weighted by Gasteiger charge is 2.19. The van der Waals surface area contributed by atoms with Gasteiger partial charge in [0.25, 0.3) is 0 Å². The van der Waals surface area contributed by atoms with Crippen molar-refractivity contribution in [2.75, 3.05) is 6.61 Å². The molecule has 0 radical (unpaired) electrons. The lowest BCUT2D eigenvalue weighted by atomic mass is 9.85. The third kappa shape index (κ3) is 3.57. The first-order valence-electron chi connectivity index (χ1n) is 6.36. The molecule has 3 nitrogen and oxygen atoms in total.